The van der Waals surface area contributed by atoms with E-state index in [0.717, 1.165) is 12.1 Å². The second-order valence-corrected chi connectivity index (χ2v) is 2.49. The molecule has 1 atom stereocenters. The van der Waals surface area contributed by atoms with Gasteiger partial charge in [-0.25, -0.2) is 0 Å². The van der Waals surface area contributed by atoms with Gasteiger partial charge < -0.3 is 4.74 Å². The molecule has 1 aromatic carbocycles. The van der Waals surface area contributed by atoms with Crippen molar-refractivity contribution in [1.82, 2.24) is 0 Å². The van der Waals surface area contributed by atoms with Crippen molar-refractivity contribution in [2.75, 3.05) is 6.61 Å². The Morgan fingerprint density at radius 3 is 2.40 bits per heavy atom. The summed E-state index contributed by atoms with van der Waals surface area (Å²) >= 11 is 0. The van der Waals surface area contributed by atoms with E-state index in [2.05, 4.69) is 0 Å². The molecule has 0 aliphatic carbocycles. The van der Waals surface area contributed by atoms with Gasteiger partial charge in [-0.3, -0.25) is 0 Å². The topological polar surface area (TPSA) is 12.5 Å². The van der Waals surface area contributed by atoms with Crippen LogP contribution in [0.25, 0.3) is 0 Å². The Kier molecular flexibility index (Phi) is 1.28. The highest BCUT2D eigenvalue weighted by molar-refractivity contribution is 6.32. The van der Waals surface area contributed by atoms with Crippen LogP contribution < -0.4 is 5.46 Å². The van der Waals surface area contributed by atoms with Crippen LogP contribution in [-0.4, -0.2) is 14.5 Å². The molecule has 10 heavy (non-hydrogen) atoms. The smallest absolute Gasteiger partial charge is 0.113 e. The average Bonchev–Trinajstić information content (AvgIpc) is 2.71. The second kappa shape index (κ2) is 2.13. The molecule has 1 fully saturated rings. The summed E-state index contributed by atoms with van der Waals surface area (Å²) in [4.78, 5) is 0. The minimum Gasteiger partial charge on any atom is -0.368 e. The molecule has 1 aromatic rings. The summed E-state index contributed by atoms with van der Waals surface area (Å²) in [7, 11) is 5.51. The van der Waals surface area contributed by atoms with Gasteiger partial charge in [0, 0.05) is 0 Å². The Morgan fingerprint density at radius 2 is 1.90 bits per heavy atom. The molecule has 1 heterocycles. The first-order valence-electron chi connectivity index (χ1n) is 3.33. The fourth-order valence-corrected chi connectivity index (χ4v) is 0.951. The predicted octanol–water partition coefficient (Wildman–Crippen LogP) is 0.552. The van der Waals surface area contributed by atoms with Crippen LogP contribution in [0, 0.1) is 0 Å². The Hall–Kier alpha value is -0.755. The first-order valence-corrected chi connectivity index (χ1v) is 3.33. The second-order valence-electron chi connectivity index (χ2n) is 2.49. The van der Waals surface area contributed by atoms with Crippen molar-refractivity contribution in [3.8, 4) is 0 Å². The van der Waals surface area contributed by atoms with Crippen LogP contribution in [0.2, 0.25) is 0 Å². The largest absolute Gasteiger partial charge is 0.368 e. The maximum absolute atomic E-state index is 5.51. The van der Waals surface area contributed by atoms with E-state index >= 15 is 0 Å². The monoisotopic (exact) mass is 130 g/mol. The normalized spacial score (nSPS) is 22.6. The summed E-state index contributed by atoms with van der Waals surface area (Å²) in [6.45, 7) is 0.865. The van der Waals surface area contributed by atoms with Crippen LogP contribution in [0.5, 0.6) is 0 Å². The van der Waals surface area contributed by atoms with E-state index in [1.807, 2.05) is 24.3 Å². The molecular weight excluding hydrogens is 123 g/mol. The van der Waals surface area contributed by atoms with Crippen molar-refractivity contribution in [3.05, 3.63) is 29.8 Å². The quantitative estimate of drug-likeness (QED) is 0.399. The highest BCUT2D eigenvalue weighted by Crippen LogP contribution is 2.28. The van der Waals surface area contributed by atoms with Crippen molar-refractivity contribution in [2.45, 2.75) is 6.10 Å². The Labute approximate surface area is 61.4 Å². The van der Waals surface area contributed by atoms with E-state index in [9.17, 15) is 0 Å². The van der Waals surface area contributed by atoms with Gasteiger partial charge in [0.05, 0.1) is 6.61 Å². The van der Waals surface area contributed by atoms with Crippen LogP contribution in [-0.2, 0) is 4.74 Å². The molecule has 0 amide bonds. The molecule has 1 saturated heterocycles. The minimum atomic E-state index is 0.348. The lowest BCUT2D eigenvalue weighted by molar-refractivity contribution is 0.415. The number of rotatable bonds is 1. The standard InChI is InChI=1S/C8H7BO/c9-7-3-1-6(2-4-7)8-5-10-8/h1-4,8H,5H2. The van der Waals surface area contributed by atoms with Gasteiger partial charge in [0.2, 0.25) is 0 Å². The van der Waals surface area contributed by atoms with Gasteiger partial charge in [0.15, 0.2) is 0 Å². The van der Waals surface area contributed by atoms with Gasteiger partial charge in [-0.05, 0) is 5.56 Å². The van der Waals surface area contributed by atoms with Gasteiger partial charge in [-0.2, -0.15) is 0 Å². The average molecular weight is 130 g/mol. The molecule has 1 unspecified atom stereocenters. The van der Waals surface area contributed by atoms with Crippen molar-refractivity contribution in [1.29, 1.82) is 0 Å². The molecule has 0 bridgehead atoms. The zero-order chi connectivity index (χ0) is 6.97. The maximum Gasteiger partial charge on any atom is 0.113 e. The maximum atomic E-state index is 5.51. The fourth-order valence-electron chi connectivity index (χ4n) is 0.951. The summed E-state index contributed by atoms with van der Waals surface area (Å²) in [5.41, 5.74) is 2.04. The van der Waals surface area contributed by atoms with E-state index in [1.165, 1.54) is 5.56 Å². The van der Waals surface area contributed by atoms with Crippen LogP contribution in [0.3, 0.4) is 0 Å². The lowest BCUT2D eigenvalue weighted by Crippen LogP contribution is -1.99. The van der Waals surface area contributed by atoms with Gasteiger partial charge in [-0.15, -0.1) is 0 Å². The van der Waals surface area contributed by atoms with E-state index in [0.29, 0.717) is 6.10 Å². The predicted molar refractivity (Wildman–Crippen MR) is 40.5 cm³/mol. The van der Waals surface area contributed by atoms with Crippen LogP contribution in [0.1, 0.15) is 11.7 Å². The van der Waals surface area contributed by atoms with Gasteiger partial charge in [0.1, 0.15) is 14.0 Å². The summed E-state index contributed by atoms with van der Waals surface area (Å²) in [5.74, 6) is 0. The number of ether oxygens (including phenoxy) is 1. The van der Waals surface area contributed by atoms with E-state index in [1.54, 1.807) is 0 Å². The summed E-state index contributed by atoms with van der Waals surface area (Å²) in [6, 6.07) is 7.81. The molecule has 0 aromatic heterocycles. The molecule has 1 nitrogen and oxygen atoms in total. The van der Waals surface area contributed by atoms with Gasteiger partial charge in [0.25, 0.3) is 0 Å². The van der Waals surface area contributed by atoms with Crippen LogP contribution in [0.4, 0.5) is 0 Å². The van der Waals surface area contributed by atoms with E-state index in [-0.39, 0.29) is 0 Å². The molecular formula is C8H7BO. The Balaban J connectivity index is 2.28. The van der Waals surface area contributed by atoms with Crippen LogP contribution >= 0.6 is 0 Å². The molecule has 0 N–H and O–H groups in total. The van der Waals surface area contributed by atoms with Crippen molar-refractivity contribution in [2.24, 2.45) is 0 Å². The molecule has 48 valence electrons. The van der Waals surface area contributed by atoms with Gasteiger partial charge >= 0.3 is 0 Å². The summed E-state index contributed by atoms with van der Waals surface area (Å²) < 4.78 is 5.09. The minimum absolute atomic E-state index is 0.348. The van der Waals surface area contributed by atoms with Crippen molar-refractivity contribution >= 4 is 13.3 Å². The van der Waals surface area contributed by atoms with Crippen molar-refractivity contribution in [3.63, 3.8) is 0 Å². The summed E-state index contributed by atoms with van der Waals surface area (Å²) in [5, 5.41) is 0. The molecule has 2 radical (unpaired) electrons. The number of epoxide rings is 1. The van der Waals surface area contributed by atoms with Gasteiger partial charge in [-0.1, -0.05) is 29.7 Å². The molecule has 2 heteroatoms. The third-order valence-corrected chi connectivity index (χ3v) is 1.64. The molecule has 0 spiro atoms. The summed E-state index contributed by atoms with van der Waals surface area (Å²) in [6.07, 6.45) is 0.348. The number of hydrogen-bond acceptors (Lipinski definition) is 1. The Bertz CT molecular complexity index is 226. The molecule has 0 saturated carbocycles. The number of hydrogen-bond donors (Lipinski definition) is 0. The lowest BCUT2D eigenvalue weighted by Gasteiger charge is -1.94. The third-order valence-electron chi connectivity index (χ3n) is 1.64. The molecule has 1 aliphatic rings. The fraction of sp³-hybridized carbons (Fsp3) is 0.250. The SMILES string of the molecule is [B]c1ccc(C2CO2)cc1. The highest BCUT2D eigenvalue weighted by Gasteiger charge is 2.23. The molecule has 2 rings (SSSR count). The highest BCUT2D eigenvalue weighted by atomic mass is 16.6. The first-order chi connectivity index (χ1) is 4.86. The van der Waals surface area contributed by atoms with E-state index < -0.39 is 0 Å². The third kappa shape index (κ3) is 1.07. The number of benzene rings is 1. The van der Waals surface area contributed by atoms with E-state index in [4.69, 9.17) is 12.6 Å². The van der Waals surface area contributed by atoms with Crippen molar-refractivity contribution < 1.29 is 4.74 Å². The Morgan fingerprint density at radius 1 is 1.30 bits per heavy atom. The van der Waals surface area contributed by atoms with Crippen LogP contribution in [0.15, 0.2) is 24.3 Å². The molecule has 1 aliphatic heterocycles. The lowest BCUT2D eigenvalue weighted by atomic mass is 9.95. The zero-order valence-corrected chi connectivity index (χ0v) is 5.58. The zero-order valence-electron chi connectivity index (χ0n) is 5.58. The first kappa shape index (κ1) is 5.99.